The maximum atomic E-state index is 12.3. The Morgan fingerprint density at radius 2 is 1.96 bits per heavy atom. The molecule has 2 N–H and O–H groups in total. The van der Waals surface area contributed by atoms with Crippen molar-refractivity contribution in [1.82, 2.24) is 0 Å². The maximum Gasteiger partial charge on any atom is 0.257 e. The van der Waals surface area contributed by atoms with E-state index in [1.807, 2.05) is 18.2 Å². The Kier molecular flexibility index (Phi) is 5.03. The number of amides is 1. The summed E-state index contributed by atoms with van der Waals surface area (Å²) in [5.41, 5.74) is 5.08. The summed E-state index contributed by atoms with van der Waals surface area (Å²) in [6.45, 7) is 2.16. The lowest BCUT2D eigenvalue weighted by atomic mass is 9.91. The summed E-state index contributed by atoms with van der Waals surface area (Å²) in [5.74, 6) is -0.451. The molecule has 4 heteroatoms. The molecule has 0 fully saturated rings. The van der Waals surface area contributed by atoms with Crippen LogP contribution in [0.15, 0.2) is 48.0 Å². The van der Waals surface area contributed by atoms with Gasteiger partial charge in [0.2, 0.25) is 0 Å². The van der Waals surface area contributed by atoms with E-state index >= 15 is 0 Å². The highest BCUT2D eigenvalue weighted by Gasteiger charge is 2.18. The molecule has 124 valence electrons. The van der Waals surface area contributed by atoms with Crippen molar-refractivity contribution in [1.29, 1.82) is 0 Å². The van der Waals surface area contributed by atoms with Crippen LogP contribution in [0.1, 0.15) is 42.6 Å². The van der Waals surface area contributed by atoms with Gasteiger partial charge in [-0.25, -0.2) is 0 Å². The van der Waals surface area contributed by atoms with Crippen LogP contribution >= 0.6 is 11.6 Å². The Bertz CT molecular complexity index is 781. The number of carbonyl (C=O) groups excluding carboxylic acids is 1. The summed E-state index contributed by atoms with van der Waals surface area (Å²) < 4.78 is 0. The summed E-state index contributed by atoms with van der Waals surface area (Å²) in [5, 5.41) is 13.5. The Morgan fingerprint density at radius 3 is 2.67 bits per heavy atom. The van der Waals surface area contributed by atoms with Crippen LogP contribution in [-0.2, 0) is 11.2 Å². The van der Waals surface area contributed by atoms with Gasteiger partial charge in [-0.3, -0.25) is 4.79 Å². The molecular weight excluding hydrogens is 322 g/mol. The lowest BCUT2D eigenvalue weighted by molar-refractivity contribution is -0.124. The minimum absolute atomic E-state index is 0.451. The average Bonchev–Trinajstić information content (AvgIpc) is 2.61. The number of halogens is 1. The summed E-state index contributed by atoms with van der Waals surface area (Å²) >= 11 is 5.83. The predicted molar refractivity (Wildman–Crippen MR) is 98.1 cm³/mol. The van der Waals surface area contributed by atoms with Crippen LogP contribution in [0.2, 0.25) is 5.02 Å². The normalized spacial score (nSPS) is 14.5. The molecule has 0 bridgehead atoms. The Labute approximate surface area is 147 Å². The molecule has 2 aromatic carbocycles. The summed E-state index contributed by atoms with van der Waals surface area (Å²) in [6, 6.07) is 12.5. The van der Waals surface area contributed by atoms with Crippen molar-refractivity contribution < 1.29 is 9.90 Å². The fourth-order valence-electron chi connectivity index (χ4n) is 2.91. The molecule has 1 atom stereocenters. The van der Waals surface area contributed by atoms with Gasteiger partial charge in [-0.2, -0.15) is 0 Å². The molecule has 1 unspecified atom stereocenters. The van der Waals surface area contributed by atoms with Crippen molar-refractivity contribution in [2.75, 3.05) is 5.32 Å². The summed E-state index contributed by atoms with van der Waals surface area (Å²) in [4.78, 5) is 12.3. The molecule has 2 aromatic rings. The molecule has 0 heterocycles. The van der Waals surface area contributed by atoms with E-state index in [4.69, 9.17) is 11.6 Å². The lowest BCUT2D eigenvalue weighted by Crippen LogP contribution is -2.20. The van der Waals surface area contributed by atoms with E-state index in [0.29, 0.717) is 16.3 Å². The standard InChI is InChI=1S/C20H20ClNO2/c1-2-13-3-4-14-7-10-18(12-16(14)11-13)22-20(24)19(23)15-5-8-17(21)9-6-15/h5-12,19,23H,2-4H2,1H3,(H,22,24). The molecule has 0 saturated carbocycles. The van der Waals surface area contributed by atoms with Crippen molar-refractivity contribution in [2.24, 2.45) is 0 Å². The first-order chi connectivity index (χ1) is 11.6. The zero-order chi connectivity index (χ0) is 17.1. The minimum Gasteiger partial charge on any atom is -0.378 e. The lowest BCUT2D eigenvalue weighted by Gasteiger charge is -2.17. The first-order valence-corrected chi connectivity index (χ1v) is 8.51. The maximum absolute atomic E-state index is 12.3. The van der Waals surface area contributed by atoms with Gasteiger partial charge < -0.3 is 10.4 Å². The van der Waals surface area contributed by atoms with Crippen LogP contribution in [0.5, 0.6) is 0 Å². The Balaban J connectivity index is 1.75. The minimum atomic E-state index is -1.22. The van der Waals surface area contributed by atoms with E-state index in [1.54, 1.807) is 24.3 Å². The van der Waals surface area contributed by atoms with Crippen LogP contribution in [0.3, 0.4) is 0 Å². The largest absolute Gasteiger partial charge is 0.378 e. The number of benzene rings is 2. The molecule has 0 saturated heterocycles. The third-order valence-corrected chi connectivity index (χ3v) is 4.63. The monoisotopic (exact) mass is 341 g/mol. The molecule has 3 rings (SSSR count). The fourth-order valence-corrected chi connectivity index (χ4v) is 3.03. The number of hydrogen-bond acceptors (Lipinski definition) is 2. The molecule has 0 aromatic heterocycles. The number of hydrogen-bond donors (Lipinski definition) is 2. The summed E-state index contributed by atoms with van der Waals surface area (Å²) in [6.07, 6.45) is 4.16. The van der Waals surface area contributed by atoms with Gasteiger partial charge in [0.25, 0.3) is 5.91 Å². The molecule has 3 nitrogen and oxygen atoms in total. The number of aliphatic hydroxyl groups is 1. The van der Waals surface area contributed by atoms with Crippen molar-refractivity contribution in [3.63, 3.8) is 0 Å². The highest BCUT2D eigenvalue weighted by molar-refractivity contribution is 6.30. The van der Waals surface area contributed by atoms with E-state index in [0.717, 1.165) is 24.8 Å². The first-order valence-electron chi connectivity index (χ1n) is 8.13. The zero-order valence-electron chi connectivity index (χ0n) is 13.6. The number of anilines is 1. The highest BCUT2D eigenvalue weighted by atomic mass is 35.5. The van der Waals surface area contributed by atoms with E-state index in [9.17, 15) is 9.90 Å². The van der Waals surface area contributed by atoms with Gasteiger partial charge in [0, 0.05) is 10.7 Å². The second kappa shape index (κ2) is 7.20. The molecule has 0 radical (unpaired) electrons. The SMILES string of the molecule is CCC1=Cc2cc(NC(=O)C(O)c3ccc(Cl)cc3)ccc2CC1. The number of rotatable bonds is 4. The number of carbonyl (C=O) groups is 1. The van der Waals surface area contributed by atoms with E-state index in [-0.39, 0.29) is 0 Å². The molecular formula is C20H20ClNO2. The molecule has 0 aliphatic heterocycles. The predicted octanol–water partition coefficient (Wildman–Crippen LogP) is 4.75. The molecule has 1 amide bonds. The second-order valence-corrected chi connectivity index (χ2v) is 6.45. The van der Waals surface area contributed by atoms with Crippen molar-refractivity contribution >= 4 is 29.3 Å². The fraction of sp³-hybridized carbons (Fsp3) is 0.250. The summed E-state index contributed by atoms with van der Waals surface area (Å²) in [7, 11) is 0. The van der Waals surface area contributed by atoms with E-state index in [2.05, 4.69) is 18.3 Å². The molecule has 1 aliphatic rings. The van der Waals surface area contributed by atoms with Gasteiger partial charge in [-0.05, 0) is 60.2 Å². The first kappa shape index (κ1) is 16.7. The molecule has 0 spiro atoms. The molecule has 24 heavy (non-hydrogen) atoms. The van der Waals surface area contributed by atoms with E-state index < -0.39 is 12.0 Å². The third kappa shape index (κ3) is 3.69. The topological polar surface area (TPSA) is 49.3 Å². The Hall–Kier alpha value is -2.10. The molecule has 1 aliphatic carbocycles. The van der Waals surface area contributed by atoms with Crippen LogP contribution in [0.4, 0.5) is 5.69 Å². The van der Waals surface area contributed by atoms with Crippen LogP contribution in [-0.4, -0.2) is 11.0 Å². The van der Waals surface area contributed by atoms with Crippen LogP contribution < -0.4 is 5.32 Å². The quantitative estimate of drug-likeness (QED) is 0.843. The smallest absolute Gasteiger partial charge is 0.257 e. The van der Waals surface area contributed by atoms with Gasteiger partial charge in [0.05, 0.1) is 0 Å². The third-order valence-electron chi connectivity index (χ3n) is 4.38. The van der Waals surface area contributed by atoms with Crippen molar-refractivity contribution in [3.05, 3.63) is 69.8 Å². The number of allylic oxidation sites excluding steroid dienone is 1. The van der Waals surface area contributed by atoms with Gasteiger partial charge >= 0.3 is 0 Å². The average molecular weight is 342 g/mol. The van der Waals surface area contributed by atoms with Crippen LogP contribution in [0, 0.1) is 0 Å². The van der Waals surface area contributed by atoms with Crippen molar-refractivity contribution in [3.8, 4) is 0 Å². The van der Waals surface area contributed by atoms with Gasteiger partial charge in [-0.1, -0.05) is 48.4 Å². The Morgan fingerprint density at radius 1 is 1.21 bits per heavy atom. The van der Waals surface area contributed by atoms with Gasteiger partial charge in [-0.15, -0.1) is 0 Å². The zero-order valence-corrected chi connectivity index (χ0v) is 14.3. The van der Waals surface area contributed by atoms with E-state index in [1.165, 1.54) is 11.1 Å². The van der Waals surface area contributed by atoms with Crippen LogP contribution in [0.25, 0.3) is 6.08 Å². The number of fused-ring (bicyclic) bond motifs is 1. The number of aliphatic hydroxyl groups excluding tert-OH is 1. The highest BCUT2D eigenvalue weighted by Crippen LogP contribution is 2.28. The second-order valence-electron chi connectivity index (χ2n) is 6.01. The number of nitrogens with one attached hydrogen (secondary N) is 1. The van der Waals surface area contributed by atoms with Gasteiger partial charge in [0.15, 0.2) is 6.10 Å². The van der Waals surface area contributed by atoms with Gasteiger partial charge in [0.1, 0.15) is 0 Å². The van der Waals surface area contributed by atoms with Crippen molar-refractivity contribution in [2.45, 2.75) is 32.3 Å². The number of aryl methyl sites for hydroxylation is 1.